The van der Waals surface area contributed by atoms with Crippen molar-refractivity contribution in [3.05, 3.63) is 36.4 Å². The first-order valence-corrected chi connectivity index (χ1v) is 8.70. The van der Waals surface area contributed by atoms with Gasteiger partial charge >= 0.3 is 0 Å². The molecule has 2 rings (SSSR count). The monoisotopic (exact) mass is 308 g/mol. The molecule has 114 valence electrons. The van der Waals surface area contributed by atoms with E-state index in [4.69, 9.17) is 4.42 Å². The summed E-state index contributed by atoms with van der Waals surface area (Å²) in [6.07, 6.45) is 2.58. The lowest BCUT2D eigenvalue weighted by Gasteiger charge is -2.07. The average Bonchev–Trinajstić information content (AvgIpc) is 2.86. The minimum atomic E-state index is -3.24. The zero-order chi connectivity index (χ0) is 15.5. The molecule has 0 aliphatic heterocycles. The SMILES string of the molecule is CC(C)CNCc1ncoc1-c1cccc(S(C)(=O)=O)c1. The van der Waals surface area contributed by atoms with Gasteiger partial charge in [-0.2, -0.15) is 0 Å². The Morgan fingerprint density at radius 2 is 2.10 bits per heavy atom. The Hall–Kier alpha value is -1.66. The quantitative estimate of drug-likeness (QED) is 0.887. The zero-order valence-corrected chi connectivity index (χ0v) is 13.3. The number of nitrogens with zero attached hydrogens (tertiary/aromatic N) is 1. The molecule has 1 aromatic carbocycles. The standard InChI is InChI=1S/C15H20N2O3S/c1-11(2)8-16-9-14-15(20-10-17-14)12-5-4-6-13(7-12)21(3,18)19/h4-7,10-11,16H,8-9H2,1-3H3. The molecule has 1 heterocycles. The molecule has 0 aliphatic carbocycles. The Bertz CT molecular complexity index is 705. The predicted octanol–water partition coefficient (Wildman–Crippen LogP) is 2.49. The van der Waals surface area contributed by atoms with Gasteiger partial charge in [-0.1, -0.05) is 26.0 Å². The Balaban J connectivity index is 2.25. The van der Waals surface area contributed by atoms with Gasteiger partial charge in [0.05, 0.1) is 4.90 Å². The third kappa shape index (κ3) is 4.15. The van der Waals surface area contributed by atoms with E-state index in [1.165, 1.54) is 12.6 Å². The Morgan fingerprint density at radius 1 is 1.33 bits per heavy atom. The van der Waals surface area contributed by atoms with Crippen LogP contribution in [0.25, 0.3) is 11.3 Å². The van der Waals surface area contributed by atoms with Crippen LogP contribution < -0.4 is 5.32 Å². The van der Waals surface area contributed by atoms with E-state index in [1.54, 1.807) is 18.2 Å². The molecule has 0 saturated carbocycles. The third-order valence-corrected chi connectivity index (χ3v) is 4.12. The molecular weight excluding hydrogens is 288 g/mol. The van der Waals surface area contributed by atoms with Crippen molar-refractivity contribution in [3.8, 4) is 11.3 Å². The molecule has 0 fully saturated rings. The first kappa shape index (κ1) is 15.7. The molecule has 0 aliphatic rings. The van der Waals surface area contributed by atoms with Crippen LogP contribution in [-0.4, -0.2) is 26.2 Å². The normalized spacial score (nSPS) is 12.0. The Kier molecular flexibility index (Phi) is 4.80. The maximum absolute atomic E-state index is 11.6. The average molecular weight is 308 g/mol. The minimum absolute atomic E-state index is 0.275. The van der Waals surface area contributed by atoms with Crippen LogP contribution in [0.3, 0.4) is 0 Å². The van der Waals surface area contributed by atoms with Crippen LogP contribution in [-0.2, 0) is 16.4 Å². The largest absolute Gasteiger partial charge is 0.443 e. The van der Waals surface area contributed by atoms with E-state index in [9.17, 15) is 8.42 Å². The first-order chi connectivity index (χ1) is 9.88. The van der Waals surface area contributed by atoms with E-state index in [1.807, 2.05) is 6.07 Å². The first-order valence-electron chi connectivity index (χ1n) is 6.81. The number of oxazole rings is 1. The van der Waals surface area contributed by atoms with Crippen LogP contribution in [0.5, 0.6) is 0 Å². The second-order valence-electron chi connectivity index (χ2n) is 5.45. The van der Waals surface area contributed by atoms with E-state index in [0.29, 0.717) is 18.2 Å². The molecular formula is C15H20N2O3S. The van der Waals surface area contributed by atoms with Gasteiger partial charge in [0.1, 0.15) is 5.69 Å². The van der Waals surface area contributed by atoms with Crippen molar-refractivity contribution in [2.75, 3.05) is 12.8 Å². The van der Waals surface area contributed by atoms with Crippen molar-refractivity contribution in [2.45, 2.75) is 25.3 Å². The lowest BCUT2D eigenvalue weighted by molar-refractivity contribution is 0.545. The Labute approximate surface area is 125 Å². The van der Waals surface area contributed by atoms with Gasteiger partial charge in [0, 0.05) is 18.4 Å². The highest BCUT2D eigenvalue weighted by Crippen LogP contribution is 2.25. The lowest BCUT2D eigenvalue weighted by Crippen LogP contribution is -2.19. The summed E-state index contributed by atoms with van der Waals surface area (Å²) in [5.41, 5.74) is 1.50. The number of nitrogens with one attached hydrogen (secondary N) is 1. The van der Waals surface area contributed by atoms with Gasteiger partial charge in [-0.25, -0.2) is 13.4 Å². The molecule has 6 heteroatoms. The summed E-state index contributed by atoms with van der Waals surface area (Å²) in [7, 11) is -3.24. The molecule has 0 saturated heterocycles. The van der Waals surface area contributed by atoms with Crippen LogP contribution in [0.1, 0.15) is 19.5 Å². The van der Waals surface area contributed by atoms with Gasteiger partial charge in [0.15, 0.2) is 22.0 Å². The molecule has 0 radical (unpaired) electrons. The van der Waals surface area contributed by atoms with Crippen LogP contribution in [0.4, 0.5) is 0 Å². The molecule has 0 spiro atoms. The molecule has 0 amide bonds. The molecule has 0 bridgehead atoms. The fourth-order valence-corrected chi connectivity index (χ4v) is 2.64. The summed E-state index contributed by atoms with van der Waals surface area (Å²) < 4.78 is 28.7. The molecule has 5 nitrogen and oxygen atoms in total. The number of rotatable bonds is 6. The summed E-state index contributed by atoms with van der Waals surface area (Å²) in [5, 5.41) is 3.30. The fraction of sp³-hybridized carbons (Fsp3) is 0.400. The van der Waals surface area contributed by atoms with E-state index in [2.05, 4.69) is 24.1 Å². The van der Waals surface area contributed by atoms with Gasteiger partial charge in [-0.3, -0.25) is 0 Å². The number of hydrogen-bond acceptors (Lipinski definition) is 5. The molecule has 21 heavy (non-hydrogen) atoms. The summed E-state index contributed by atoms with van der Waals surface area (Å²) in [6.45, 7) is 5.74. The van der Waals surface area contributed by atoms with Crippen molar-refractivity contribution in [1.82, 2.24) is 10.3 Å². The molecule has 2 aromatic rings. The summed E-state index contributed by atoms with van der Waals surface area (Å²) in [6, 6.07) is 6.72. The fourth-order valence-electron chi connectivity index (χ4n) is 1.98. The summed E-state index contributed by atoms with van der Waals surface area (Å²) in [5.74, 6) is 1.16. The second-order valence-corrected chi connectivity index (χ2v) is 7.47. The van der Waals surface area contributed by atoms with E-state index in [-0.39, 0.29) is 4.90 Å². The molecule has 0 atom stereocenters. The summed E-state index contributed by atoms with van der Waals surface area (Å²) >= 11 is 0. The van der Waals surface area contributed by atoms with Crippen LogP contribution >= 0.6 is 0 Å². The minimum Gasteiger partial charge on any atom is -0.443 e. The van der Waals surface area contributed by atoms with Crippen LogP contribution in [0, 0.1) is 5.92 Å². The Morgan fingerprint density at radius 3 is 2.76 bits per heavy atom. The summed E-state index contributed by atoms with van der Waals surface area (Å²) in [4.78, 5) is 4.48. The predicted molar refractivity (Wildman–Crippen MR) is 81.6 cm³/mol. The van der Waals surface area contributed by atoms with Gasteiger partial charge in [-0.05, 0) is 24.6 Å². The third-order valence-electron chi connectivity index (χ3n) is 3.01. The van der Waals surface area contributed by atoms with E-state index in [0.717, 1.165) is 17.8 Å². The zero-order valence-electron chi connectivity index (χ0n) is 12.5. The lowest BCUT2D eigenvalue weighted by atomic mass is 10.1. The molecule has 1 aromatic heterocycles. The maximum Gasteiger partial charge on any atom is 0.181 e. The van der Waals surface area contributed by atoms with Gasteiger partial charge < -0.3 is 9.73 Å². The topological polar surface area (TPSA) is 72.2 Å². The van der Waals surface area contributed by atoms with Crippen LogP contribution in [0.2, 0.25) is 0 Å². The van der Waals surface area contributed by atoms with Gasteiger partial charge in [-0.15, -0.1) is 0 Å². The number of sulfone groups is 1. The molecule has 0 unspecified atom stereocenters. The van der Waals surface area contributed by atoms with Crippen molar-refractivity contribution in [3.63, 3.8) is 0 Å². The highest BCUT2D eigenvalue weighted by Gasteiger charge is 2.14. The van der Waals surface area contributed by atoms with Crippen molar-refractivity contribution in [1.29, 1.82) is 0 Å². The van der Waals surface area contributed by atoms with Gasteiger partial charge in [0.25, 0.3) is 0 Å². The van der Waals surface area contributed by atoms with Crippen molar-refractivity contribution < 1.29 is 12.8 Å². The van der Waals surface area contributed by atoms with Gasteiger partial charge in [0.2, 0.25) is 0 Å². The number of hydrogen-bond donors (Lipinski definition) is 1. The maximum atomic E-state index is 11.6. The van der Waals surface area contributed by atoms with Crippen molar-refractivity contribution >= 4 is 9.84 Å². The van der Waals surface area contributed by atoms with E-state index < -0.39 is 9.84 Å². The number of benzene rings is 1. The van der Waals surface area contributed by atoms with Crippen LogP contribution in [0.15, 0.2) is 40.0 Å². The second kappa shape index (κ2) is 6.41. The molecule has 1 N–H and O–H groups in total. The van der Waals surface area contributed by atoms with Crippen molar-refractivity contribution in [2.24, 2.45) is 5.92 Å². The highest BCUT2D eigenvalue weighted by atomic mass is 32.2. The van der Waals surface area contributed by atoms with E-state index >= 15 is 0 Å². The number of aromatic nitrogens is 1. The highest BCUT2D eigenvalue weighted by molar-refractivity contribution is 7.90. The smallest absolute Gasteiger partial charge is 0.181 e.